The lowest BCUT2D eigenvalue weighted by atomic mass is 10.1. The Balaban J connectivity index is 0.000000270. The van der Waals surface area contributed by atoms with Gasteiger partial charge in [-0.3, -0.25) is 0 Å². The molecule has 0 bridgehead atoms. The summed E-state index contributed by atoms with van der Waals surface area (Å²) in [5.74, 6) is -2.47. The Morgan fingerprint density at radius 1 is 1.00 bits per heavy atom. The Hall–Kier alpha value is -2.49. The number of carboxylic acids is 1. The van der Waals surface area contributed by atoms with E-state index in [4.69, 9.17) is 5.11 Å². The third-order valence-corrected chi connectivity index (χ3v) is 2.80. The van der Waals surface area contributed by atoms with E-state index >= 15 is 0 Å². The van der Waals surface area contributed by atoms with Crippen LogP contribution in [0.3, 0.4) is 0 Å². The molecule has 0 aliphatic heterocycles. The first-order valence-corrected chi connectivity index (χ1v) is 6.32. The van der Waals surface area contributed by atoms with Gasteiger partial charge in [-0.1, -0.05) is 42.5 Å². The summed E-state index contributed by atoms with van der Waals surface area (Å²) < 4.78 is 25.5. The molecule has 21 heavy (non-hydrogen) atoms. The number of rotatable bonds is 2. The molecule has 4 heteroatoms. The van der Waals surface area contributed by atoms with Gasteiger partial charge in [0.2, 0.25) is 0 Å². The van der Waals surface area contributed by atoms with Gasteiger partial charge in [0, 0.05) is 5.57 Å². The number of allylic oxidation sites excluding steroid dienone is 1. The van der Waals surface area contributed by atoms with E-state index in [9.17, 15) is 13.6 Å². The lowest BCUT2D eigenvalue weighted by Gasteiger charge is -2.01. The summed E-state index contributed by atoms with van der Waals surface area (Å²) in [7, 11) is 0. The van der Waals surface area contributed by atoms with Gasteiger partial charge in [0.05, 0.1) is 0 Å². The predicted molar refractivity (Wildman–Crippen MR) is 78.9 cm³/mol. The Morgan fingerprint density at radius 3 is 2.05 bits per heavy atom. The second kappa shape index (κ2) is 7.94. The van der Waals surface area contributed by atoms with Gasteiger partial charge in [-0.05, 0) is 37.1 Å². The van der Waals surface area contributed by atoms with Gasteiger partial charge in [-0.25, -0.2) is 13.6 Å². The van der Waals surface area contributed by atoms with Gasteiger partial charge in [0.15, 0.2) is 11.6 Å². The molecule has 2 rings (SSSR count). The molecule has 0 amide bonds. The van der Waals surface area contributed by atoms with Gasteiger partial charge in [0.25, 0.3) is 0 Å². The lowest BCUT2D eigenvalue weighted by molar-refractivity contribution is -0.132. The molecule has 1 N–H and O–H groups in total. The number of carboxylic acid groups (broad SMARTS) is 1. The van der Waals surface area contributed by atoms with Crippen molar-refractivity contribution < 1.29 is 18.7 Å². The summed E-state index contributed by atoms with van der Waals surface area (Å²) in [5, 5.41) is 8.11. The first-order chi connectivity index (χ1) is 9.95. The predicted octanol–water partition coefficient (Wildman–Crippen LogP) is 4.67. The van der Waals surface area contributed by atoms with Crippen LogP contribution >= 0.6 is 0 Å². The normalized spacial score (nSPS) is 10.6. The molecule has 0 aliphatic carbocycles. The average Bonchev–Trinajstić information content (AvgIpc) is 2.50. The van der Waals surface area contributed by atoms with E-state index in [2.05, 4.69) is 0 Å². The molecular formula is C17H16F2O2. The zero-order chi connectivity index (χ0) is 15.8. The second-order valence-electron chi connectivity index (χ2n) is 4.27. The molecule has 0 saturated heterocycles. The molecule has 0 fully saturated rings. The van der Waals surface area contributed by atoms with Crippen LogP contribution in [0, 0.1) is 11.6 Å². The fourth-order valence-corrected chi connectivity index (χ4v) is 1.43. The van der Waals surface area contributed by atoms with E-state index < -0.39 is 17.6 Å². The number of hydrogen-bond donors (Lipinski definition) is 1. The highest BCUT2D eigenvalue weighted by atomic mass is 19.2. The lowest BCUT2D eigenvalue weighted by Crippen LogP contribution is -1.93. The maximum Gasteiger partial charge on any atom is 0.330 e. The molecule has 0 radical (unpaired) electrons. The fourth-order valence-electron chi connectivity index (χ4n) is 1.43. The zero-order valence-electron chi connectivity index (χ0n) is 11.8. The van der Waals surface area contributed by atoms with Crippen LogP contribution in [0.2, 0.25) is 0 Å². The first kappa shape index (κ1) is 16.6. The van der Waals surface area contributed by atoms with E-state index in [0.29, 0.717) is 11.1 Å². The van der Waals surface area contributed by atoms with E-state index in [0.717, 1.165) is 11.6 Å². The first-order valence-electron chi connectivity index (χ1n) is 6.32. The third kappa shape index (κ3) is 5.18. The second-order valence-corrected chi connectivity index (χ2v) is 4.27. The summed E-state index contributed by atoms with van der Waals surface area (Å²) in [6, 6.07) is 13.2. The fraction of sp³-hybridized carbons (Fsp3) is 0.118. The molecule has 2 aromatic carbocycles. The summed E-state index contributed by atoms with van der Waals surface area (Å²) in [5.41, 5.74) is 1.95. The Labute approximate surface area is 122 Å². The molecule has 2 nitrogen and oxygen atoms in total. The third-order valence-electron chi connectivity index (χ3n) is 2.80. The summed E-state index contributed by atoms with van der Waals surface area (Å²) in [4.78, 5) is 9.86. The summed E-state index contributed by atoms with van der Waals surface area (Å²) in [6.45, 7) is 3.26. The van der Waals surface area contributed by atoms with Crippen LogP contribution in [0.4, 0.5) is 8.78 Å². The molecule has 0 unspecified atom stereocenters. The standard InChI is InChI=1S/C12H8F2.C5H8O2/c13-11-7-6-10(8-12(11)14)9-4-2-1-3-5-9;1-3-4(2)5(6)7/h1-8H;3H,1-2H3,(H,6,7). The molecule has 110 valence electrons. The van der Waals surface area contributed by atoms with E-state index in [1.807, 2.05) is 30.3 Å². The minimum atomic E-state index is -0.845. The summed E-state index contributed by atoms with van der Waals surface area (Å²) in [6.07, 6.45) is 1.56. The number of carbonyl (C=O) groups is 1. The van der Waals surface area contributed by atoms with E-state index in [-0.39, 0.29) is 0 Å². The molecule has 0 heterocycles. The number of benzene rings is 2. The monoisotopic (exact) mass is 290 g/mol. The van der Waals surface area contributed by atoms with Crippen LogP contribution in [0.15, 0.2) is 60.2 Å². The maximum absolute atomic E-state index is 12.9. The van der Waals surface area contributed by atoms with E-state index in [1.165, 1.54) is 6.07 Å². The molecular weight excluding hydrogens is 274 g/mol. The highest BCUT2D eigenvalue weighted by molar-refractivity contribution is 5.85. The van der Waals surface area contributed by atoms with Gasteiger partial charge in [-0.15, -0.1) is 0 Å². The van der Waals surface area contributed by atoms with Crippen molar-refractivity contribution >= 4 is 5.97 Å². The molecule has 0 aliphatic rings. The van der Waals surface area contributed by atoms with Gasteiger partial charge >= 0.3 is 5.97 Å². The Morgan fingerprint density at radius 2 is 1.62 bits per heavy atom. The SMILES string of the molecule is CC=C(C)C(=O)O.Fc1ccc(-c2ccccc2)cc1F. The van der Waals surface area contributed by atoms with Crippen LogP contribution in [0.1, 0.15) is 13.8 Å². The Kier molecular flexibility index (Phi) is 6.27. The van der Waals surface area contributed by atoms with Crippen molar-refractivity contribution in [1.82, 2.24) is 0 Å². The topological polar surface area (TPSA) is 37.3 Å². The van der Waals surface area contributed by atoms with Crippen molar-refractivity contribution in [2.75, 3.05) is 0 Å². The van der Waals surface area contributed by atoms with Crippen molar-refractivity contribution in [3.05, 3.63) is 71.8 Å². The van der Waals surface area contributed by atoms with Crippen LogP contribution in [0.5, 0.6) is 0 Å². The average molecular weight is 290 g/mol. The highest BCUT2D eigenvalue weighted by Gasteiger charge is 2.03. The van der Waals surface area contributed by atoms with Crippen molar-refractivity contribution in [1.29, 1.82) is 0 Å². The minimum Gasteiger partial charge on any atom is -0.478 e. The van der Waals surface area contributed by atoms with Crippen LogP contribution in [0.25, 0.3) is 11.1 Å². The number of aliphatic carboxylic acids is 1. The molecule has 0 aromatic heterocycles. The molecule has 0 atom stereocenters. The highest BCUT2D eigenvalue weighted by Crippen LogP contribution is 2.20. The maximum atomic E-state index is 12.9. The largest absolute Gasteiger partial charge is 0.478 e. The molecule has 0 spiro atoms. The van der Waals surface area contributed by atoms with Gasteiger partial charge < -0.3 is 5.11 Å². The zero-order valence-corrected chi connectivity index (χ0v) is 11.8. The number of hydrogen-bond acceptors (Lipinski definition) is 1. The summed E-state index contributed by atoms with van der Waals surface area (Å²) >= 11 is 0. The van der Waals surface area contributed by atoms with Crippen molar-refractivity contribution in [3.63, 3.8) is 0 Å². The smallest absolute Gasteiger partial charge is 0.330 e. The number of halogens is 2. The van der Waals surface area contributed by atoms with E-state index in [1.54, 1.807) is 26.0 Å². The molecule has 0 saturated carbocycles. The van der Waals surface area contributed by atoms with Gasteiger partial charge in [0.1, 0.15) is 0 Å². The Bertz CT molecular complexity index is 634. The van der Waals surface area contributed by atoms with Crippen molar-refractivity contribution in [3.8, 4) is 11.1 Å². The van der Waals surface area contributed by atoms with Crippen LogP contribution in [-0.4, -0.2) is 11.1 Å². The van der Waals surface area contributed by atoms with Gasteiger partial charge in [-0.2, -0.15) is 0 Å². The molecule has 2 aromatic rings. The van der Waals surface area contributed by atoms with Crippen molar-refractivity contribution in [2.24, 2.45) is 0 Å². The quantitative estimate of drug-likeness (QED) is 0.816. The van der Waals surface area contributed by atoms with Crippen LogP contribution in [-0.2, 0) is 4.79 Å². The minimum absolute atomic E-state index is 0.389. The van der Waals surface area contributed by atoms with Crippen molar-refractivity contribution in [2.45, 2.75) is 13.8 Å². The van der Waals surface area contributed by atoms with Crippen LogP contribution < -0.4 is 0 Å².